The Bertz CT molecular complexity index is 716. The van der Waals surface area contributed by atoms with Crippen LogP contribution in [-0.2, 0) is 0 Å². The molecule has 24 heavy (non-hydrogen) atoms. The van der Waals surface area contributed by atoms with Gasteiger partial charge in [0.2, 0.25) is 5.95 Å². The highest BCUT2D eigenvalue weighted by molar-refractivity contribution is 5.92. The van der Waals surface area contributed by atoms with Gasteiger partial charge in [-0.25, -0.2) is 9.97 Å². The van der Waals surface area contributed by atoms with Gasteiger partial charge in [0.15, 0.2) is 0 Å². The molecule has 1 aromatic carbocycles. The van der Waals surface area contributed by atoms with Gasteiger partial charge in [-0.3, -0.25) is 4.79 Å². The zero-order valence-corrected chi connectivity index (χ0v) is 14.6. The van der Waals surface area contributed by atoms with Crippen LogP contribution in [-0.4, -0.2) is 29.5 Å². The van der Waals surface area contributed by atoms with Gasteiger partial charge in [0.1, 0.15) is 11.4 Å². The Morgan fingerprint density at radius 2 is 2.00 bits per heavy atom. The molecular formula is C18H24N4O2. The van der Waals surface area contributed by atoms with Gasteiger partial charge in [-0.1, -0.05) is 19.4 Å². The van der Waals surface area contributed by atoms with Gasteiger partial charge >= 0.3 is 0 Å². The molecule has 0 aliphatic heterocycles. The topological polar surface area (TPSA) is 76.1 Å². The summed E-state index contributed by atoms with van der Waals surface area (Å²) in [5.74, 6) is 0.882. The second kappa shape index (κ2) is 8.29. The number of benzene rings is 1. The predicted molar refractivity (Wildman–Crippen MR) is 95.0 cm³/mol. The van der Waals surface area contributed by atoms with Crippen molar-refractivity contribution in [1.29, 1.82) is 0 Å². The van der Waals surface area contributed by atoms with Crippen LogP contribution >= 0.6 is 0 Å². The highest BCUT2D eigenvalue weighted by atomic mass is 16.5. The van der Waals surface area contributed by atoms with E-state index in [0.29, 0.717) is 23.9 Å². The van der Waals surface area contributed by atoms with E-state index in [1.807, 2.05) is 32.0 Å². The molecule has 0 atom stereocenters. The number of methoxy groups -OCH3 is 1. The number of hydrogen-bond donors (Lipinski definition) is 2. The number of aryl methyl sites for hydroxylation is 2. The smallest absolute Gasteiger partial charge is 0.270 e. The van der Waals surface area contributed by atoms with Crippen molar-refractivity contribution in [3.05, 3.63) is 41.2 Å². The van der Waals surface area contributed by atoms with Crippen LogP contribution < -0.4 is 15.4 Å². The Morgan fingerprint density at radius 1 is 1.21 bits per heavy atom. The van der Waals surface area contributed by atoms with Crippen LogP contribution in [0, 0.1) is 13.8 Å². The summed E-state index contributed by atoms with van der Waals surface area (Å²) in [4.78, 5) is 20.9. The fourth-order valence-electron chi connectivity index (χ4n) is 2.25. The monoisotopic (exact) mass is 328 g/mol. The maximum Gasteiger partial charge on any atom is 0.270 e. The first-order chi connectivity index (χ1) is 11.5. The summed E-state index contributed by atoms with van der Waals surface area (Å²) in [7, 11) is 1.61. The third kappa shape index (κ3) is 4.68. The maximum absolute atomic E-state index is 12.2. The average molecular weight is 328 g/mol. The number of anilines is 2. The molecule has 2 rings (SSSR count). The van der Waals surface area contributed by atoms with E-state index in [1.54, 1.807) is 13.2 Å². The van der Waals surface area contributed by atoms with Gasteiger partial charge in [-0.15, -0.1) is 0 Å². The van der Waals surface area contributed by atoms with Gasteiger partial charge in [0.25, 0.3) is 5.91 Å². The van der Waals surface area contributed by atoms with Crippen LogP contribution in [0.3, 0.4) is 0 Å². The number of nitrogens with one attached hydrogen (secondary N) is 2. The molecule has 1 heterocycles. The second-order valence-corrected chi connectivity index (χ2v) is 5.66. The van der Waals surface area contributed by atoms with Crippen LogP contribution in [0.15, 0.2) is 24.3 Å². The minimum Gasteiger partial charge on any atom is -0.495 e. The molecule has 1 amide bonds. The van der Waals surface area contributed by atoms with Crippen molar-refractivity contribution in [3.63, 3.8) is 0 Å². The van der Waals surface area contributed by atoms with E-state index in [2.05, 4.69) is 27.5 Å². The molecule has 0 spiro atoms. The van der Waals surface area contributed by atoms with E-state index < -0.39 is 0 Å². The molecule has 6 nitrogen and oxygen atoms in total. The average Bonchev–Trinajstić information content (AvgIpc) is 2.54. The van der Waals surface area contributed by atoms with Gasteiger partial charge < -0.3 is 15.4 Å². The number of rotatable bonds is 7. The minimum atomic E-state index is -0.187. The highest BCUT2D eigenvalue weighted by Crippen LogP contribution is 2.27. The standard InChI is InChI=1S/C18H24N4O2/c1-5-6-9-19-17(23)15-11-13(3)20-18(22-15)21-14-10-12(2)7-8-16(14)24-4/h7-8,10-11H,5-6,9H2,1-4H3,(H,19,23)(H,20,21,22). The summed E-state index contributed by atoms with van der Waals surface area (Å²) in [6, 6.07) is 7.48. The molecule has 0 unspecified atom stereocenters. The zero-order valence-electron chi connectivity index (χ0n) is 14.6. The van der Waals surface area contributed by atoms with Crippen molar-refractivity contribution in [2.45, 2.75) is 33.6 Å². The van der Waals surface area contributed by atoms with E-state index in [1.165, 1.54) is 0 Å². The van der Waals surface area contributed by atoms with Crippen LogP contribution in [0.4, 0.5) is 11.6 Å². The van der Waals surface area contributed by atoms with E-state index in [-0.39, 0.29) is 5.91 Å². The van der Waals surface area contributed by atoms with E-state index in [0.717, 1.165) is 29.8 Å². The molecule has 6 heteroatoms. The summed E-state index contributed by atoms with van der Waals surface area (Å²) in [5.41, 5.74) is 2.93. The van der Waals surface area contributed by atoms with Gasteiger partial charge in [-0.05, 0) is 44.0 Å². The lowest BCUT2D eigenvalue weighted by Gasteiger charge is -2.12. The third-order valence-corrected chi connectivity index (χ3v) is 3.50. The van der Waals surface area contributed by atoms with Gasteiger partial charge in [-0.2, -0.15) is 0 Å². The van der Waals surface area contributed by atoms with Gasteiger partial charge in [0.05, 0.1) is 12.8 Å². The molecule has 0 aliphatic carbocycles. The first kappa shape index (κ1) is 17.7. The molecule has 2 aromatic rings. The van der Waals surface area contributed by atoms with E-state index >= 15 is 0 Å². The molecule has 1 aromatic heterocycles. The Hall–Kier alpha value is -2.63. The van der Waals surface area contributed by atoms with Crippen molar-refractivity contribution < 1.29 is 9.53 Å². The largest absolute Gasteiger partial charge is 0.495 e. The molecular weight excluding hydrogens is 304 g/mol. The Morgan fingerprint density at radius 3 is 2.71 bits per heavy atom. The summed E-state index contributed by atoms with van der Waals surface area (Å²) in [6.07, 6.45) is 1.98. The molecule has 0 saturated heterocycles. The number of ether oxygens (including phenoxy) is 1. The lowest BCUT2D eigenvalue weighted by molar-refractivity contribution is 0.0948. The van der Waals surface area contributed by atoms with Crippen molar-refractivity contribution in [2.24, 2.45) is 0 Å². The second-order valence-electron chi connectivity index (χ2n) is 5.66. The van der Waals surface area contributed by atoms with Crippen molar-refractivity contribution >= 4 is 17.5 Å². The van der Waals surface area contributed by atoms with Gasteiger partial charge in [0, 0.05) is 12.2 Å². The number of amides is 1. The molecule has 0 aliphatic rings. The molecule has 2 N–H and O–H groups in total. The number of aromatic nitrogens is 2. The fourth-order valence-corrected chi connectivity index (χ4v) is 2.25. The highest BCUT2D eigenvalue weighted by Gasteiger charge is 2.12. The summed E-state index contributed by atoms with van der Waals surface area (Å²) in [6.45, 7) is 6.56. The molecule has 128 valence electrons. The first-order valence-electron chi connectivity index (χ1n) is 8.09. The van der Waals surface area contributed by atoms with Crippen molar-refractivity contribution in [3.8, 4) is 5.75 Å². The van der Waals surface area contributed by atoms with E-state index in [4.69, 9.17) is 4.74 Å². The van der Waals surface area contributed by atoms with Crippen molar-refractivity contribution in [2.75, 3.05) is 19.0 Å². The number of hydrogen-bond acceptors (Lipinski definition) is 5. The van der Waals surface area contributed by atoms with Crippen LogP contribution in [0.1, 0.15) is 41.5 Å². The van der Waals surface area contributed by atoms with Crippen LogP contribution in [0.25, 0.3) is 0 Å². The predicted octanol–water partition coefficient (Wildman–Crippen LogP) is 3.38. The first-order valence-corrected chi connectivity index (χ1v) is 8.09. The van der Waals surface area contributed by atoms with Crippen molar-refractivity contribution in [1.82, 2.24) is 15.3 Å². The van der Waals surface area contributed by atoms with Crippen LogP contribution in [0.2, 0.25) is 0 Å². The summed E-state index contributed by atoms with van der Waals surface area (Å²) in [5, 5.41) is 6.01. The van der Waals surface area contributed by atoms with E-state index in [9.17, 15) is 4.79 Å². The van der Waals surface area contributed by atoms with Crippen LogP contribution in [0.5, 0.6) is 5.75 Å². The lowest BCUT2D eigenvalue weighted by atomic mass is 10.2. The number of unbranched alkanes of at least 4 members (excludes halogenated alkanes) is 1. The summed E-state index contributed by atoms with van der Waals surface area (Å²) >= 11 is 0. The Kier molecular flexibility index (Phi) is 6.12. The summed E-state index contributed by atoms with van der Waals surface area (Å²) < 4.78 is 5.35. The normalized spacial score (nSPS) is 10.3. The molecule has 0 saturated carbocycles. The molecule has 0 radical (unpaired) electrons. The lowest BCUT2D eigenvalue weighted by Crippen LogP contribution is -2.25. The number of nitrogens with zero attached hydrogens (tertiary/aromatic N) is 2. The number of carbonyl (C=O) groups excluding carboxylic acids is 1. The number of carbonyl (C=O) groups is 1. The zero-order chi connectivity index (χ0) is 17.5. The fraction of sp³-hybridized carbons (Fsp3) is 0.389. The maximum atomic E-state index is 12.2. The molecule has 0 fully saturated rings. The quantitative estimate of drug-likeness (QED) is 0.762. The Labute approximate surface area is 142 Å². The molecule has 0 bridgehead atoms. The SMILES string of the molecule is CCCCNC(=O)c1cc(C)nc(Nc2cc(C)ccc2OC)n1. The minimum absolute atomic E-state index is 0.187. The Balaban J connectivity index is 2.22. The third-order valence-electron chi connectivity index (χ3n) is 3.50.